The number of methoxy groups -OCH3 is 1. The van der Waals surface area contributed by atoms with E-state index in [2.05, 4.69) is 19.6 Å². The Morgan fingerprint density at radius 3 is 2.88 bits per heavy atom. The van der Waals surface area contributed by atoms with Crippen molar-refractivity contribution in [3.63, 3.8) is 0 Å². The highest BCUT2D eigenvalue weighted by molar-refractivity contribution is 5.92. The Kier molecular flexibility index (Phi) is 4.67. The van der Waals surface area contributed by atoms with Gasteiger partial charge in [-0.2, -0.15) is 0 Å². The zero-order valence-electron chi connectivity index (χ0n) is 15.3. The lowest BCUT2D eigenvalue weighted by molar-refractivity contribution is 0.0518. The van der Waals surface area contributed by atoms with E-state index in [-0.39, 0.29) is 17.7 Å². The topological polar surface area (TPSA) is 76.6 Å². The highest BCUT2D eigenvalue weighted by Crippen LogP contribution is 2.26. The first kappa shape index (κ1) is 17.1. The molecule has 1 amide bonds. The number of hydrogen-bond acceptors (Lipinski definition) is 6. The van der Waals surface area contributed by atoms with Gasteiger partial charge in [-0.3, -0.25) is 4.79 Å². The molecule has 0 radical (unpaired) electrons. The van der Waals surface area contributed by atoms with Gasteiger partial charge in [0.1, 0.15) is 0 Å². The van der Waals surface area contributed by atoms with Crippen molar-refractivity contribution in [3.8, 4) is 5.88 Å². The second-order valence-corrected chi connectivity index (χ2v) is 7.13. The molecule has 8 heteroatoms. The summed E-state index contributed by atoms with van der Waals surface area (Å²) in [6.07, 6.45) is 6.40. The molecule has 0 spiro atoms. The lowest BCUT2D eigenvalue weighted by Gasteiger charge is -2.39. The fraction of sp³-hybridized carbons (Fsp3) is 0.611. The van der Waals surface area contributed by atoms with Gasteiger partial charge in [0, 0.05) is 25.7 Å². The van der Waals surface area contributed by atoms with Crippen molar-refractivity contribution in [3.05, 3.63) is 29.5 Å². The van der Waals surface area contributed by atoms with Gasteiger partial charge in [-0.1, -0.05) is 6.42 Å². The van der Waals surface area contributed by atoms with Crippen molar-refractivity contribution in [2.75, 3.05) is 26.7 Å². The first-order valence-corrected chi connectivity index (χ1v) is 9.19. The normalized spacial score (nSPS) is 20.8. The predicted molar refractivity (Wildman–Crippen MR) is 93.9 cm³/mol. The van der Waals surface area contributed by atoms with E-state index in [9.17, 15) is 4.79 Å². The van der Waals surface area contributed by atoms with E-state index in [4.69, 9.17) is 9.26 Å². The maximum Gasteiger partial charge on any atom is 0.293 e. The first-order valence-electron chi connectivity index (χ1n) is 9.19. The summed E-state index contributed by atoms with van der Waals surface area (Å²) < 4.78 is 12.3. The number of carbonyl (C=O) groups is 1. The number of imidazole rings is 1. The largest absolute Gasteiger partial charge is 0.479 e. The van der Waals surface area contributed by atoms with Crippen LogP contribution in [0.4, 0.5) is 0 Å². The maximum atomic E-state index is 13.1. The summed E-state index contributed by atoms with van der Waals surface area (Å²) in [4.78, 5) is 21.9. The number of likely N-dealkylation sites (tertiary alicyclic amines) is 1. The number of piperidine rings is 1. The van der Waals surface area contributed by atoms with Crippen LogP contribution in [0.25, 0.3) is 0 Å². The van der Waals surface area contributed by atoms with Gasteiger partial charge >= 0.3 is 0 Å². The minimum absolute atomic E-state index is 0.0968. The number of ether oxygens (including phenoxy) is 1. The second-order valence-electron chi connectivity index (χ2n) is 7.13. The molecule has 8 nitrogen and oxygen atoms in total. The number of nitrogens with zero attached hydrogens (tertiary/aromatic N) is 5. The Bertz CT molecular complexity index is 778. The number of amides is 1. The van der Waals surface area contributed by atoms with E-state index in [1.807, 2.05) is 18.3 Å². The molecule has 0 bridgehead atoms. The molecule has 1 atom stereocenters. The third-order valence-corrected chi connectivity index (χ3v) is 5.42. The standard InChI is InChI=1S/C18H25N5O3/c1-21-12-19-14-11-23(18(24)16-9-17(25-2)20-26-16)13(8-15(14)21)10-22-6-4-3-5-7-22/h9,12-13H,3-8,10-11H2,1-2H3/t13-/m1/s1. The van der Waals surface area contributed by atoms with E-state index >= 15 is 0 Å². The quantitative estimate of drug-likeness (QED) is 0.823. The third kappa shape index (κ3) is 3.21. The van der Waals surface area contributed by atoms with Gasteiger partial charge in [-0.25, -0.2) is 4.98 Å². The smallest absolute Gasteiger partial charge is 0.293 e. The van der Waals surface area contributed by atoms with Gasteiger partial charge in [0.25, 0.3) is 11.8 Å². The number of fused-ring (bicyclic) bond motifs is 1. The summed E-state index contributed by atoms with van der Waals surface area (Å²) in [5.41, 5.74) is 2.17. The van der Waals surface area contributed by atoms with E-state index in [0.717, 1.165) is 31.7 Å². The third-order valence-electron chi connectivity index (χ3n) is 5.42. The Hall–Kier alpha value is -2.35. The molecule has 2 aliphatic heterocycles. The van der Waals surface area contributed by atoms with Crippen molar-refractivity contribution in [1.29, 1.82) is 0 Å². The molecule has 1 fully saturated rings. The van der Waals surface area contributed by atoms with Crippen molar-refractivity contribution < 1.29 is 14.1 Å². The first-order chi connectivity index (χ1) is 12.7. The molecule has 26 heavy (non-hydrogen) atoms. The van der Waals surface area contributed by atoms with Crippen LogP contribution in [-0.2, 0) is 20.0 Å². The molecular formula is C18H25N5O3. The van der Waals surface area contributed by atoms with Crippen LogP contribution < -0.4 is 4.74 Å². The monoisotopic (exact) mass is 359 g/mol. The molecule has 0 saturated carbocycles. The lowest BCUT2D eigenvalue weighted by atomic mass is 10.00. The molecule has 0 unspecified atom stereocenters. The van der Waals surface area contributed by atoms with Crippen LogP contribution in [0, 0.1) is 0 Å². The van der Waals surface area contributed by atoms with Gasteiger partial charge in [-0.05, 0) is 31.1 Å². The molecular weight excluding hydrogens is 334 g/mol. The van der Waals surface area contributed by atoms with Gasteiger partial charge < -0.3 is 23.6 Å². The molecule has 4 rings (SSSR count). The van der Waals surface area contributed by atoms with Crippen LogP contribution in [0.15, 0.2) is 16.9 Å². The fourth-order valence-corrected chi connectivity index (χ4v) is 3.96. The Morgan fingerprint density at radius 2 is 2.15 bits per heavy atom. The minimum atomic E-state index is -0.154. The van der Waals surface area contributed by atoms with Gasteiger partial charge in [0.2, 0.25) is 5.76 Å². The number of carbonyl (C=O) groups excluding carboxylic acids is 1. The highest BCUT2D eigenvalue weighted by atomic mass is 16.5. The maximum absolute atomic E-state index is 13.1. The number of aromatic nitrogens is 3. The highest BCUT2D eigenvalue weighted by Gasteiger charge is 2.35. The van der Waals surface area contributed by atoms with Crippen LogP contribution in [-0.4, -0.2) is 63.2 Å². The van der Waals surface area contributed by atoms with E-state index < -0.39 is 0 Å². The molecule has 2 aromatic heterocycles. The summed E-state index contributed by atoms with van der Waals surface area (Å²) in [5, 5.41) is 3.76. The van der Waals surface area contributed by atoms with Crippen molar-refractivity contribution in [1.82, 2.24) is 24.5 Å². The minimum Gasteiger partial charge on any atom is -0.479 e. The summed E-state index contributed by atoms with van der Waals surface area (Å²) >= 11 is 0. The van der Waals surface area contributed by atoms with Gasteiger partial charge in [-0.15, -0.1) is 0 Å². The Morgan fingerprint density at radius 1 is 1.35 bits per heavy atom. The molecule has 2 aromatic rings. The van der Waals surface area contributed by atoms with Crippen LogP contribution in [0.2, 0.25) is 0 Å². The van der Waals surface area contributed by atoms with Crippen molar-refractivity contribution in [2.45, 2.75) is 38.3 Å². The van der Waals surface area contributed by atoms with Gasteiger partial charge in [0.15, 0.2) is 0 Å². The summed E-state index contributed by atoms with van der Waals surface area (Å²) in [5.74, 6) is 0.375. The van der Waals surface area contributed by atoms with E-state index in [1.165, 1.54) is 32.1 Å². The Labute approximate surface area is 152 Å². The molecule has 1 saturated heterocycles. The molecule has 0 aromatic carbocycles. The Balaban J connectivity index is 1.58. The number of aryl methyl sites for hydroxylation is 1. The zero-order chi connectivity index (χ0) is 18.1. The van der Waals surface area contributed by atoms with Gasteiger partial charge in [0.05, 0.1) is 37.8 Å². The zero-order valence-corrected chi connectivity index (χ0v) is 15.3. The SMILES string of the molecule is COc1cc(C(=O)N2Cc3ncn(C)c3C[C@@H]2CN2CCCCC2)on1. The lowest BCUT2D eigenvalue weighted by Crippen LogP contribution is -2.51. The fourth-order valence-electron chi connectivity index (χ4n) is 3.96. The average molecular weight is 359 g/mol. The number of rotatable bonds is 4. The van der Waals surface area contributed by atoms with Crippen molar-refractivity contribution >= 4 is 5.91 Å². The molecule has 4 heterocycles. The van der Waals surface area contributed by atoms with E-state index in [1.54, 1.807) is 6.07 Å². The molecule has 0 N–H and O–H groups in total. The molecule has 140 valence electrons. The van der Waals surface area contributed by atoms with Crippen LogP contribution in [0.1, 0.15) is 41.2 Å². The van der Waals surface area contributed by atoms with Crippen LogP contribution in [0.5, 0.6) is 5.88 Å². The predicted octanol–water partition coefficient (Wildman–Crippen LogP) is 1.47. The number of hydrogen-bond donors (Lipinski definition) is 0. The van der Waals surface area contributed by atoms with E-state index in [0.29, 0.717) is 12.4 Å². The van der Waals surface area contributed by atoms with Crippen molar-refractivity contribution in [2.24, 2.45) is 7.05 Å². The molecule has 0 aliphatic carbocycles. The second kappa shape index (κ2) is 7.11. The molecule has 2 aliphatic rings. The van der Waals surface area contributed by atoms with Crippen LogP contribution in [0.3, 0.4) is 0 Å². The summed E-state index contributed by atoms with van der Waals surface area (Å²) in [6, 6.07) is 1.65. The summed E-state index contributed by atoms with van der Waals surface area (Å²) in [6.45, 7) is 3.58. The summed E-state index contributed by atoms with van der Waals surface area (Å²) in [7, 11) is 3.52. The average Bonchev–Trinajstić information content (AvgIpc) is 3.29. The van der Waals surface area contributed by atoms with Crippen LogP contribution >= 0.6 is 0 Å².